The number of nitrogens with zero attached hydrogens (tertiary/aromatic N) is 3. The molecule has 6 nitrogen and oxygen atoms in total. The van der Waals surface area contributed by atoms with Crippen LogP contribution in [0.2, 0.25) is 0 Å². The highest BCUT2D eigenvalue weighted by atomic mass is 16.2. The molecule has 4 rings (SSSR count). The van der Waals surface area contributed by atoms with Gasteiger partial charge in [0.1, 0.15) is 0 Å². The largest absolute Gasteiger partial charge is 0.357 e. The highest BCUT2D eigenvalue weighted by molar-refractivity contribution is 6.32. The van der Waals surface area contributed by atoms with Crippen molar-refractivity contribution in [2.45, 2.75) is 20.8 Å². The topological polar surface area (TPSA) is 79.8 Å². The number of rotatable bonds is 3. The van der Waals surface area contributed by atoms with Crippen molar-refractivity contribution in [3.05, 3.63) is 71.6 Å². The van der Waals surface area contributed by atoms with E-state index >= 15 is 0 Å². The Balaban J connectivity index is 1.76. The van der Waals surface area contributed by atoms with Crippen LogP contribution in [0.4, 0.5) is 11.4 Å². The Morgan fingerprint density at radius 3 is 2.63 bits per heavy atom. The number of allylic oxidation sites excluding steroid dienone is 1. The molecule has 1 amide bonds. The van der Waals surface area contributed by atoms with Crippen LogP contribution in [0, 0.1) is 13.8 Å². The number of aryl methyl sites for hydroxylation is 2. The van der Waals surface area contributed by atoms with Gasteiger partial charge in [-0.25, -0.2) is 0 Å². The maximum absolute atomic E-state index is 12.6. The van der Waals surface area contributed by atoms with Crippen molar-refractivity contribution in [1.82, 2.24) is 15.0 Å². The van der Waals surface area contributed by atoms with E-state index in [0.717, 1.165) is 39.5 Å². The number of carbonyl (C=O) groups excluding carboxylic acids is 1. The predicted octanol–water partition coefficient (Wildman–Crippen LogP) is 3.95. The number of hydrogen-bond donors (Lipinski definition) is 2. The summed E-state index contributed by atoms with van der Waals surface area (Å²) in [5.74, 6) is -0.142. The fourth-order valence-corrected chi connectivity index (χ4v) is 3.14. The first-order valence-electron chi connectivity index (χ1n) is 8.66. The minimum atomic E-state index is -0.142. The van der Waals surface area contributed by atoms with Gasteiger partial charge in [-0.1, -0.05) is 0 Å². The standard InChI is InChI=1S/C21H19N5O/c1-12-6-7-22-10-17(12)18-8-16-19(11-24-18)26-21(27)20(16)14(3)25-15-5-4-13(2)23-9-15/h4-11,25H,1-3H3,(H,26,27)/b20-14-. The van der Waals surface area contributed by atoms with Gasteiger partial charge < -0.3 is 10.6 Å². The highest BCUT2D eigenvalue weighted by Crippen LogP contribution is 2.36. The van der Waals surface area contributed by atoms with Crippen molar-refractivity contribution in [2.24, 2.45) is 0 Å². The molecule has 0 radical (unpaired) electrons. The van der Waals surface area contributed by atoms with Gasteiger partial charge in [-0.15, -0.1) is 0 Å². The first-order valence-corrected chi connectivity index (χ1v) is 8.66. The Bertz CT molecular complexity index is 1070. The molecule has 1 aliphatic rings. The second kappa shape index (κ2) is 6.64. The molecule has 0 aromatic carbocycles. The molecule has 4 heterocycles. The second-order valence-corrected chi connectivity index (χ2v) is 6.57. The number of nitrogens with one attached hydrogen (secondary N) is 2. The van der Waals surface area contributed by atoms with E-state index in [9.17, 15) is 4.79 Å². The van der Waals surface area contributed by atoms with Crippen LogP contribution < -0.4 is 10.6 Å². The average Bonchev–Trinajstić information content (AvgIpc) is 2.99. The number of fused-ring (bicyclic) bond motifs is 1. The lowest BCUT2D eigenvalue weighted by atomic mass is 10.0. The second-order valence-electron chi connectivity index (χ2n) is 6.57. The molecule has 3 aromatic heterocycles. The maximum atomic E-state index is 12.6. The summed E-state index contributed by atoms with van der Waals surface area (Å²) in [7, 11) is 0. The van der Waals surface area contributed by atoms with E-state index < -0.39 is 0 Å². The Morgan fingerprint density at radius 1 is 1.04 bits per heavy atom. The molecule has 0 saturated heterocycles. The van der Waals surface area contributed by atoms with E-state index in [0.29, 0.717) is 11.3 Å². The summed E-state index contributed by atoms with van der Waals surface area (Å²) in [5.41, 5.74) is 7.52. The van der Waals surface area contributed by atoms with E-state index in [4.69, 9.17) is 0 Å². The molecule has 0 spiro atoms. The summed E-state index contributed by atoms with van der Waals surface area (Å²) in [6.45, 7) is 5.84. The SMILES string of the molecule is C/C(Nc1ccc(C)nc1)=C1/C(=O)Nc2cnc(-c3cnccc3C)cc21. The molecule has 1 aliphatic heterocycles. The van der Waals surface area contributed by atoms with Crippen molar-refractivity contribution >= 4 is 22.9 Å². The van der Waals surface area contributed by atoms with Crippen LogP contribution >= 0.6 is 0 Å². The van der Waals surface area contributed by atoms with Crippen molar-refractivity contribution < 1.29 is 4.79 Å². The fraction of sp³-hybridized carbons (Fsp3) is 0.143. The highest BCUT2D eigenvalue weighted by Gasteiger charge is 2.27. The monoisotopic (exact) mass is 357 g/mol. The zero-order chi connectivity index (χ0) is 19.0. The number of hydrogen-bond acceptors (Lipinski definition) is 5. The zero-order valence-electron chi connectivity index (χ0n) is 15.4. The van der Waals surface area contributed by atoms with E-state index in [1.807, 2.05) is 45.0 Å². The third-order valence-corrected chi connectivity index (χ3v) is 4.58. The van der Waals surface area contributed by atoms with Gasteiger partial charge in [0.15, 0.2) is 0 Å². The molecular weight excluding hydrogens is 338 g/mol. The summed E-state index contributed by atoms with van der Waals surface area (Å²) in [4.78, 5) is 25.5. The normalized spacial score (nSPS) is 14.6. The first-order chi connectivity index (χ1) is 13.0. The van der Waals surface area contributed by atoms with Crippen molar-refractivity contribution in [3.63, 3.8) is 0 Å². The molecular formula is C21H19N5O. The number of aromatic nitrogens is 3. The Labute approximate surface area is 157 Å². The Kier molecular flexibility index (Phi) is 4.16. The molecule has 6 heteroatoms. The van der Waals surface area contributed by atoms with Gasteiger partial charge in [0.05, 0.1) is 35.0 Å². The summed E-state index contributed by atoms with van der Waals surface area (Å²) >= 11 is 0. The van der Waals surface area contributed by atoms with Crippen LogP contribution in [0.15, 0.2) is 54.7 Å². The van der Waals surface area contributed by atoms with Crippen LogP contribution in [0.25, 0.3) is 16.8 Å². The van der Waals surface area contributed by atoms with Crippen LogP contribution in [0.3, 0.4) is 0 Å². The van der Waals surface area contributed by atoms with Gasteiger partial charge in [-0.3, -0.25) is 19.7 Å². The van der Waals surface area contributed by atoms with E-state index in [1.165, 1.54) is 0 Å². The summed E-state index contributed by atoms with van der Waals surface area (Å²) in [5, 5.41) is 6.16. The Morgan fingerprint density at radius 2 is 1.89 bits per heavy atom. The Hall–Kier alpha value is -3.54. The molecule has 0 bridgehead atoms. The van der Waals surface area contributed by atoms with Gasteiger partial charge in [-0.2, -0.15) is 0 Å². The van der Waals surface area contributed by atoms with Gasteiger partial charge in [0.2, 0.25) is 0 Å². The molecule has 2 N–H and O–H groups in total. The summed E-state index contributed by atoms with van der Waals surface area (Å²) < 4.78 is 0. The predicted molar refractivity (Wildman–Crippen MR) is 106 cm³/mol. The van der Waals surface area contributed by atoms with Gasteiger partial charge in [-0.05, 0) is 50.6 Å². The molecule has 0 atom stereocenters. The summed E-state index contributed by atoms with van der Waals surface area (Å²) in [6, 6.07) is 7.75. The van der Waals surface area contributed by atoms with Crippen molar-refractivity contribution in [3.8, 4) is 11.3 Å². The fourth-order valence-electron chi connectivity index (χ4n) is 3.14. The molecule has 0 saturated carbocycles. The minimum absolute atomic E-state index is 0.142. The molecule has 0 aliphatic carbocycles. The lowest BCUT2D eigenvalue weighted by Crippen LogP contribution is -2.09. The third-order valence-electron chi connectivity index (χ3n) is 4.58. The average molecular weight is 357 g/mol. The zero-order valence-corrected chi connectivity index (χ0v) is 15.4. The molecule has 0 fully saturated rings. The molecule has 134 valence electrons. The molecule has 27 heavy (non-hydrogen) atoms. The van der Waals surface area contributed by atoms with Gasteiger partial charge >= 0.3 is 0 Å². The number of carbonyl (C=O) groups is 1. The number of amides is 1. The van der Waals surface area contributed by atoms with Crippen molar-refractivity contribution in [2.75, 3.05) is 10.6 Å². The number of pyridine rings is 3. The first kappa shape index (κ1) is 16.9. The number of anilines is 2. The smallest absolute Gasteiger partial charge is 0.258 e. The van der Waals surface area contributed by atoms with E-state index in [1.54, 1.807) is 24.8 Å². The van der Waals surface area contributed by atoms with Gasteiger partial charge in [0, 0.05) is 34.9 Å². The molecule has 3 aromatic rings. The van der Waals surface area contributed by atoms with Crippen LogP contribution in [0.1, 0.15) is 23.7 Å². The minimum Gasteiger partial charge on any atom is -0.357 e. The van der Waals surface area contributed by atoms with Crippen LogP contribution in [0.5, 0.6) is 0 Å². The van der Waals surface area contributed by atoms with E-state index in [-0.39, 0.29) is 5.91 Å². The van der Waals surface area contributed by atoms with E-state index in [2.05, 4.69) is 25.6 Å². The van der Waals surface area contributed by atoms with Crippen molar-refractivity contribution in [1.29, 1.82) is 0 Å². The lowest BCUT2D eigenvalue weighted by Gasteiger charge is -2.10. The van der Waals surface area contributed by atoms with Gasteiger partial charge in [0.25, 0.3) is 5.91 Å². The molecule has 0 unspecified atom stereocenters. The lowest BCUT2D eigenvalue weighted by molar-refractivity contribution is -0.110. The van der Waals surface area contributed by atoms with Crippen LogP contribution in [-0.4, -0.2) is 20.9 Å². The maximum Gasteiger partial charge on any atom is 0.258 e. The summed E-state index contributed by atoms with van der Waals surface area (Å²) in [6.07, 6.45) is 7.00. The quantitative estimate of drug-likeness (QED) is 0.694. The van der Waals surface area contributed by atoms with Crippen LogP contribution in [-0.2, 0) is 4.79 Å². The third kappa shape index (κ3) is 3.17.